The molecule has 164 valence electrons. The zero-order chi connectivity index (χ0) is 22.9. The molecule has 4 aromatic rings. The summed E-state index contributed by atoms with van der Waals surface area (Å²) in [5.74, 6) is 0.224. The second-order valence-electron chi connectivity index (χ2n) is 7.59. The van der Waals surface area contributed by atoms with Crippen molar-refractivity contribution >= 4 is 11.9 Å². The van der Waals surface area contributed by atoms with Crippen LogP contribution in [0, 0.1) is 0 Å². The van der Waals surface area contributed by atoms with Gasteiger partial charge in [0.2, 0.25) is 0 Å². The first-order valence-corrected chi connectivity index (χ1v) is 10.9. The monoisotopic (exact) mass is 436 g/mol. The Morgan fingerprint density at radius 2 is 0.879 bits per heavy atom. The third-order valence-corrected chi connectivity index (χ3v) is 5.11. The predicted octanol–water partition coefficient (Wildman–Crippen LogP) is 6.70. The van der Waals surface area contributed by atoms with Crippen molar-refractivity contribution < 1.29 is 19.1 Å². The van der Waals surface area contributed by atoms with Crippen molar-refractivity contribution in [1.29, 1.82) is 0 Å². The fraction of sp³-hybridized carbons (Fsp3) is 0.103. The predicted molar refractivity (Wildman–Crippen MR) is 129 cm³/mol. The number of hydrogen-bond acceptors (Lipinski definition) is 4. The highest BCUT2D eigenvalue weighted by Crippen LogP contribution is 2.25. The largest absolute Gasteiger partial charge is 0.427 e. The van der Waals surface area contributed by atoms with Gasteiger partial charge in [-0.05, 0) is 52.9 Å². The van der Waals surface area contributed by atoms with Crippen LogP contribution in [0.25, 0.3) is 22.3 Å². The highest BCUT2D eigenvalue weighted by atomic mass is 16.5. The van der Waals surface area contributed by atoms with Crippen molar-refractivity contribution in [2.75, 3.05) is 0 Å². The van der Waals surface area contributed by atoms with Crippen LogP contribution >= 0.6 is 0 Å². The number of carbonyl (C=O) groups excluding carboxylic acids is 2. The molecule has 0 atom stereocenters. The molecule has 4 nitrogen and oxygen atoms in total. The topological polar surface area (TPSA) is 52.6 Å². The van der Waals surface area contributed by atoms with E-state index >= 15 is 0 Å². The van der Waals surface area contributed by atoms with E-state index in [2.05, 4.69) is 0 Å². The van der Waals surface area contributed by atoms with Gasteiger partial charge in [0.15, 0.2) is 0 Å². The van der Waals surface area contributed by atoms with Crippen molar-refractivity contribution in [3.63, 3.8) is 0 Å². The van der Waals surface area contributed by atoms with Crippen molar-refractivity contribution in [3.8, 4) is 33.8 Å². The summed E-state index contributed by atoms with van der Waals surface area (Å²) in [6, 6.07) is 34.6. The Balaban J connectivity index is 1.25. The second-order valence-corrected chi connectivity index (χ2v) is 7.59. The Morgan fingerprint density at radius 1 is 0.485 bits per heavy atom. The van der Waals surface area contributed by atoms with Crippen LogP contribution in [0.1, 0.15) is 19.3 Å². The van der Waals surface area contributed by atoms with E-state index in [9.17, 15) is 9.59 Å². The Bertz CT molecular complexity index is 1120. The molecule has 0 aliphatic carbocycles. The molecule has 4 heteroatoms. The molecule has 4 rings (SSSR count). The van der Waals surface area contributed by atoms with Gasteiger partial charge in [-0.2, -0.15) is 0 Å². The quantitative estimate of drug-likeness (QED) is 0.228. The van der Waals surface area contributed by atoms with E-state index in [0.29, 0.717) is 17.9 Å². The number of esters is 2. The molecular weight excluding hydrogens is 412 g/mol. The lowest BCUT2D eigenvalue weighted by Gasteiger charge is -2.08. The minimum Gasteiger partial charge on any atom is -0.427 e. The smallest absolute Gasteiger partial charge is 0.311 e. The van der Waals surface area contributed by atoms with Gasteiger partial charge in [0, 0.05) is 12.8 Å². The molecule has 4 aromatic carbocycles. The number of hydrogen-bond donors (Lipinski definition) is 0. The lowest BCUT2D eigenvalue weighted by molar-refractivity contribution is -0.136. The van der Waals surface area contributed by atoms with E-state index in [4.69, 9.17) is 9.47 Å². The van der Waals surface area contributed by atoms with Gasteiger partial charge in [-0.1, -0.05) is 84.9 Å². The minimum absolute atomic E-state index is 0.134. The fourth-order valence-electron chi connectivity index (χ4n) is 3.48. The van der Waals surface area contributed by atoms with Crippen LogP contribution in [0.15, 0.2) is 109 Å². The average Bonchev–Trinajstić information content (AvgIpc) is 2.85. The van der Waals surface area contributed by atoms with Crippen LogP contribution in [0.4, 0.5) is 0 Å². The summed E-state index contributed by atoms with van der Waals surface area (Å²) in [6.07, 6.45) is 0.623. The molecule has 0 amide bonds. The van der Waals surface area contributed by atoms with Crippen LogP contribution in [-0.2, 0) is 9.59 Å². The molecule has 0 fully saturated rings. The van der Waals surface area contributed by atoms with Crippen LogP contribution in [0.5, 0.6) is 11.5 Å². The fourth-order valence-corrected chi connectivity index (χ4v) is 3.48. The van der Waals surface area contributed by atoms with E-state index in [0.717, 1.165) is 22.3 Å². The molecule has 0 saturated heterocycles. The van der Waals surface area contributed by atoms with Crippen molar-refractivity contribution in [2.24, 2.45) is 0 Å². The van der Waals surface area contributed by atoms with Crippen LogP contribution in [-0.4, -0.2) is 11.9 Å². The molecule has 0 N–H and O–H groups in total. The molecule has 0 aliphatic rings. The first-order chi connectivity index (χ1) is 16.2. The Labute approximate surface area is 193 Å². The first kappa shape index (κ1) is 22.0. The summed E-state index contributed by atoms with van der Waals surface area (Å²) < 4.78 is 10.9. The maximum atomic E-state index is 12.2. The Morgan fingerprint density at radius 3 is 1.30 bits per heavy atom. The molecule has 0 heterocycles. The van der Waals surface area contributed by atoms with Gasteiger partial charge < -0.3 is 9.47 Å². The Hall–Kier alpha value is -4.18. The van der Waals surface area contributed by atoms with Gasteiger partial charge >= 0.3 is 11.9 Å². The SMILES string of the molecule is O=C(CCCC(=O)Oc1cccc(-c2ccccc2)c1)Oc1cccc(-c2ccccc2)c1. The van der Waals surface area contributed by atoms with Crippen molar-refractivity contribution in [1.82, 2.24) is 0 Å². The van der Waals surface area contributed by atoms with Gasteiger partial charge in [0.1, 0.15) is 11.5 Å². The minimum atomic E-state index is -0.376. The summed E-state index contributed by atoms with van der Waals surface area (Å²) in [5, 5.41) is 0. The molecule has 0 spiro atoms. The van der Waals surface area contributed by atoms with Gasteiger partial charge in [-0.25, -0.2) is 0 Å². The van der Waals surface area contributed by atoms with E-state index in [1.165, 1.54) is 0 Å². The molecule has 0 saturated carbocycles. The zero-order valence-corrected chi connectivity index (χ0v) is 18.1. The van der Waals surface area contributed by atoms with Crippen LogP contribution in [0.3, 0.4) is 0 Å². The van der Waals surface area contributed by atoms with E-state index in [-0.39, 0.29) is 24.8 Å². The molecular formula is C29H24O4. The molecule has 0 aromatic heterocycles. The average molecular weight is 437 g/mol. The number of carbonyl (C=O) groups is 2. The van der Waals surface area contributed by atoms with Gasteiger partial charge in [0.05, 0.1) is 0 Å². The summed E-state index contributed by atoms with van der Waals surface area (Å²) in [5.41, 5.74) is 4.05. The zero-order valence-electron chi connectivity index (χ0n) is 18.1. The normalized spacial score (nSPS) is 10.4. The van der Waals surface area contributed by atoms with Gasteiger partial charge in [0.25, 0.3) is 0 Å². The highest BCUT2D eigenvalue weighted by molar-refractivity contribution is 5.76. The van der Waals surface area contributed by atoms with Crippen LogP contribution in [0.2, 0.25) is 0 Å². The molecule has 0 aliphatic heterocycles. The molecule has 0 unspecified atom stereocenters. The first-order valence-electron chi connectivity index (χ1n) is 10.9. The maximum absolute atomic E-state index is 12.2. The second kappa shape index (κ2) is 10.9. The summed E-state index contributed by atoms with van der Waals surface area (Å²) in [4.78, 5) is 24.5. The molecule has 0 bridgehead atoms. The van der Waals surface area contributed by atoms with Gasteiger partial charge in [-0.15, -0.1) is 0 Å². The summed E-state index contributed by atoms with van der Waals surface area (Å²) in [6.45, 7) is 0. The number of ether oxygens (including phenoxy) is 2. The Kier molecular flexibility index (Phi) is 7.29. The molecule has 33 heavy (non-hydrogen) atoms. The van der Waals surface area contributed by atoms with E-state index in [1.54, 1.807) is 12.1 Å². The third-order valence-electron chi connectivity index (χ3n) is 5.11. The van der Waals surface area contributed by atoms with Crippen molar-refractivity contribution in [3.05, 3.63) is 109 Å². The lowest BCUT2D eigenvalue weighted by Crippen LogP contribution is -2.11. The van der Waals surface area contributed by atoms with Crippen molar-refractivity contribution in [2.45, 2.75) is 19.3 Å². The molecule has 0 radical (unpaired) electrons. The van der Waals surface area contributed by atoms with Gasteiger partial charge in [-0.3, -0.25) is 9.59 Å². The number of benzene rings is 4. The van der Waals surface area contributed by atoms with E-state index in [1.807, 2.05) is 97.1 Å². The summed E-state index contributed by atoms with van der Waals surface area (Å²) in [7, 11) is 0. The number of rotatable bonds is 8. The maximum Gasteiger partial charge on any atom is 0.311 e. The van der Waals surface area contributed by atoms with E-state index < -0.39 is 0 Å². The summed E-state index contributed by atoms with van der Waals surface area (Å²) >= 11 is 0. The highest BCUT2D eigenvalue weighted by Gasteiger charge is 2.10. The standard InChI is InChI=1S/C29H24O4/c30-28(32-26-16-7-14-24(20-26)22-10-3-1-4-11-22)18-9-19-29(31)33-27-17-8-15-25(21-27)23-12-5-2-6-13-23/h1-8,10-17,20-21H,9,18-19H2. The third kappa shape index (κ3) is 6.40. The van der Waals surface area contributed by atoms with Crippen LogP contribution < -0.4 is 9.47 Å². The lowest BCUT2D eigenvalue weighted by atomic mass is 10.1.